The highest BCUT2D eigenvalue weighted by molar-refractivity contribution is 5.86. The molecule has 0 aromatic heterocycles. The average Bonchev–Trinajstić information content (AvgIpc) is 2.36. The average molecular weight is 290 g/mol. The molecule has 0 rings (SSSR count). The van der Waals surface area contributed by atoms with Crippen LogP contribution in [0.15, 0.2) is 0 Å². The summed E-state index contributed by atoms with van der Waals surface area (Å²) >= 11 is 0. The van der Waals surface area contributed by atoms with Crippen molar-refractivity contribution in [1.29, 1.82) is 0 Å². The van der Waals surface area contributed by atoms with E-state index in [1.165, 1.54) is 19.1 Å². The van der Waals surface area contributed by atoms with Crippen molar-refractivity contribution in [3.8, 4) is 0 Å². The van der Waals surface area contributed by atoms with E-state index in [2.05, 4.69) is 10.1 Å². The number of nitrogens with one attached hydrogen (secondary N) is 1. The van der Waals surface area contributed by atoms with Gasteiger partial charge in [0.2, 0.25) is 0 Å². The Kier molecular flexibility index (Phi) is 7.71. The Hall–Kier alpha value is -2.32. The summed E-state index contributed by atoms with van der Waals surface area (Å²) in [6.07, 6.45) is -0.226. The number of ether oxygens (including phenoxy) is 1. The van der Waals surface area contributed by atoms with Gasteiger partial charge in [0.1, 0.15) is 6.04 Å². The number of nitrogens with zero attached hydrogens (tertiary/aromatic N) is 1. The molecule has 0 aliphatic heterocycles. The van der Waals surface area contributed by atoms with E-state index >= 15 is 0 Å². The third-order valence-corrected chi connectivity index (χ3v) is 2.42. The lowest BCUT2D eigenvalue weighted by Crippen LogP contribution is -2.47. The predicted octanol–water partition coefficient (Wildman–Crippen LogP) is -0.491. The van der Waals surface area contributed by atoms with Crippen molar-refractivity contribution >= 4 is 23.9 Å². The molecule has 0 bridgehead atoms. The minimum absolute atomic E-state index is 0.131. The van der Waals surface area contributed by atoms with Gasteiger partial charge in [0.25, 0.3) is 0 Å². The summed E-state index contributed by atoms with van der Waals surface area (Å²) in [4.78, 5) is 44.9. The summed E-state index contributed by atoms with van der Waals surface area (Å²) in [7, 11) is 2.66. The first-order chi connectivity index (χ1) is 9.27. The molecule has 0 saturated heterocycles. The van der Waals surface area contributed by atoms with Gasteiger partial charge in [0.15, 0.2) is 0 Å². The van der Waals surface area contributed by atoms with Crippen LogP contribution in [0.4, 0.5) is 4.79 Å². The van der Waals surface area contributed by atoms with Crippen LogP contribution in [0.2, 0.25) is 0 Å². The molecule has 9 heteroatoms. The summed E-state index contributed by atoms with van der Waals surface area (Å²) in [5.41, 5.74) is 0. The SMILES string of the molecule is COC(=O)CCCN(C)C(=O)N[C@H](CC(=O)O)C(=O)O. The van der Waals surface area contributed by atoms with Crippen LogP contribution in [0, 0.1) is 0 Å². The molecule has 0 aliphatic carbocycles. The molecular weight excluding hydrogens is 272 g/mol. The van der Waals surface area contributed by atoms with E-state index in [1.807, 2.05) is 0 Å². The van der Waals surface area contributed by atoms with Crippen molar-refractivity contribution in [3.05, 3.63) is 0 Å². The molecule has 2 amide bonds. The van der Waals surface area contributed by atoms with Crippen molar-refractivity contribution in [3.63, 3.8) is 0 Å². The zero-order chi connectivity index (χ0) is 15.7. The van der Waals surface area contributed by atoms with E-state index < -0.39 is 36.4 Å². The molecule has 114 valence electrons. The molecule has 0 spiro atoms. The Morgan fingerprint density at radius 2 is 1.85 bits per heavy atom. The number of carbonyl (C=O) groups is 4. The monoisotopic (exact) mass is 290 g/mol. The van der Waals surface area contributed by atoms with E-state index in [4.69, 9.17) is 10.2 Å². The topological polar surface area (TPSA) is 133 Å². The Labute approximate surface area is 115 Å². The largest absolute Gasteiger partial charge is 0.481 e. The minimum atomic E-state index is -1.50. The summed E-state index contributed by atoms with van der Waals surface area (Å²) < 4.78 is 4.43. The quantitative estimate of drug-likeness (QED) is 0.513. The first-order valence-electron chi connectivity index (χ1n) is 5.81. The van der Waals surface area contributed by atoms with Crippen LogP contribution in [-0.4, -0.2) is 65.8 Å². The fourth-order valence-corrected chi connectivity index (χ4v) is 1.30. The van der Waals surface area contributed by atoms with E-state index in [-0.39, 0.29) is 13.0 Å². The molecule has 0 aromatic carbocycles. The third-order valence-electron chi connectivity index (χ3n) is 2.42. The fourth-order valence-electron chi connectivity index (χ4n) is 1.30. The van der Waals surface area contributed by atoms with Crippen LogP contribution in [-0.2, 0) is 19.1 Å². The number of amides is 2. The van der Waals surface area contributed by atoms with Crippen LogP contribution < -0.4 is 5.32 Å². The van der Waals surface area contributed by atoms with E-state index in [0.717, 1.165) is 0 Å². The summed E-state index contributed by atoms with van der Waals surface area (Å²) in [5.74, 6) is -3.16. The van der Waals surface area contributed by atoms with E-state index in [9.17, 15) is 19.2 Å². The second kappa shape index (κ2) is 8.73. The smallest absolute Gasteiger partial charge is 0.326 e. The highest BCUT2D eigenvalue weighted by Gasteiger charge is 2.24. The highest BCUT2D eigenvalue weighted by atomic mass is 16.5. The normalized spacial score (nSPS) is 11.3. The van der Waals surface area contributed by atoms with Gasteiger partial charge < -0.3 is 25.2 Å². The van der Waals surface area contributed by atoms with Crippen molar-refractivity contribution < 1.29 is 34.1 Å². The van der Waals surface area contributed by atoms with Crippen LogP contribution >= 0.6 is 0 Å². The molecule has 0 aliphatic rings. The predicted molar refractivity (Wildman–Crippen MR) is 66.1 cm³/mol. The summed E-state index contributed by atoms with van der Waals surface area (Å²) in [6, 6.07) is -2.22. The zero-order valence-electron chi connectivity index (χ0n) is 11.3. The van der Waals surface area contributed by atoms with Crippen LogP contribution in [0.1, 0.15) is 19.3 Å². The second-order valence-corrected chi connectivity index (χ2v) is 4.04. The van der Waals surface area contributed by atoms with Gasteiger partial charge in [-0.05, 0) is 6.42 Å². The molecular formula is C11H18N2O7. The zero-order valence-corrected chi connectivity index (χ0v) is 11.3. The van der Waals surface area contributed by atoms with E-state index in [0.29, 0.717) is 6.42 Å². The molecule has 0 aromatic rings. The third kappa shape index (κ3) is 7.19. The van der Waals surface area contributed by atoms with Crippen LogP contribution in [0.3, 0.4) is 0 Å². The fraction of sp³-hybridized carbons (Fsp3) is 0.636. The van der Waals surface area contributed by atoms with E-state index in [1.54, 1.807) is 0 Å². The Balaban J connectivity index is 4.25. The lowest BCUT2D eigenvalue weighted by Gasteiger charge is -2.20. The summed E-state index contributed by atoms with van der Waals surface area (Å²) in [6.45, 7) is 0.209. The number of rotatable bonds is 8. The second-order valence-electron chi connectivity index (χ2n) is 4.04. The first kappa shape index (κ1) is 17.7. The maximum atomic E-state index is 11.6. The number of hydrogen-bond donors (Lipinski definition) is 3. The number of esters is 1. The van der Waals surface area contributed by atoms with Crippen molar-refractivity contribution in [2.75, 3.05) is 20.7 Å². The van der Waals surface area contributed by atoms with Crippen molar-refractivity contribution in [2.45, 2.75) is 25.3 Å². The number of carboxylic acid groups (broad SMARTS) is 2. The molecule has 0 heterocycles. The number of hydrogen-bond acceptors (Lipinski definition) is 5. The standard InChI is InChI=1S/C11H18N2O7/c1-13(5-3-4-9(16)20-2)11(19)12-7(10(17)18)6-8(14)15/h7H,3-6H2,1-2H3,(H,12,19)(H,14,15)(H,17,18)/t7-/m1/s1. The Bertz CT molecular complexity index is 383. The molecule has 9 nitrogen and oxygen atoms in total. The van der Waals surface area contributed by atoms with Crippen LogP contribution in [0.25, 0.3) is 0 Å². The molecule has 1 atom stereocenters. The number of aliphatic carboxylic acids is 2. The van der Waals surface area contributed by atoms with Crippen molar-refractivity contribution in [1.82, 2.24) is 10.2 Å². The molecule has 0 saturated carbocycles. The Morgan fingerprint density at radius 1 is 1.25 bits per heavy atom. The first-order valence-corrected chi connectivity index (χ1v) is 5.81. The van der Waals surface area contributed by atoms with Gasteiger partial charge in [-0.3, -0.25) is 9.59 Å². The maximum absolute atomic E-state index is 11.6. The molecule has 3 N–H and O–H groups in total. The van der Waals surface area contributed by atoms with Crippen molar-refractivity contribution in [2.24, 2.45) is 0 Å². The molecule has 0 fully saturated rings. The number of urea groups is 1. The van der Waals surface area contributed by atoms with Gasteiger partial charge in [-0.15, -0.1) is 0 Å². The van der Waals surface area contributed by atoms with Gasteiger partial charge >= 0.3 is 23.9 Å². The molecule has 0 radical (unpaired) electrons. The highest BCUT2D eigenvalue weighted by Crippen LogP contribution is 1.98. The summed E-state index contributed by atoms with van der Waals surface area (Å²) in [5, 5.41) is 19.4. The Morgan fingerprint density at radius 3 is 2.30 bits per heavy atom. The van der Waals surface area contributed by atoms with Gasteiger partial charge in [0.05, 0.1) is 13.5 Å². The number of carboxylic acids is 2. The molecule has 20 heavy (non-hydrogen) atoms. The minimum Gasteiger partial charge on any atom is -0.481 e. The van der Waals surface area contributed by atoms with Gasteiger partial charge in [0, 0.05) is 20.0 Å². The number of methoxy groups -OCH3 is 1. The molecule has 0 unspecified atom stereocenters. The van der Waals surface area contributed by atoms with Gasteiger partial charge in [-0.25, -0.2) is 9.59 Å². The lowest BCUT2D eigenvalue weighted by atomic mass is 10.2. The number of carbonyl (C=O) groups excluding carboxylic acids is 2. The van der Waals surface area contributed by atoms with Gasteiger partial charge in [-0.2, -0.15) is 0 Å². The maximum Gasteiger partial charge on any atom is 0.326 e. The van der Waals surface area contributed by atoms with Gasteiger partial charge in [-0.1, -0.05) is 0 Å². The van der Waals surface area contributed by atoms with Crippen LogP contribution in [0.5, 0.6) is 0 Å². The lowest BCUT2D eigenvalue weighted by molar-refractivity contribution is -0.145.